The van der Waals surface area contributed by atoms with Crippen LogP contribution in [0.1, 0.15) is 24.9 Å². The zero-order chi connectivity index (χ0) is 13.8. The van der Waals surface area contributed by atoms with E-state index >= 15 is 0 Å². The van der Waals surface area contributed by atoms with Crippen molar-refractivity contribution in [3.05, 3.63) is 59.9 Å². The molecule has 2 rings (SSSR count). The van der Waals surface area contributed by atoms with Crippen LogP contribution in [0.5, 0.6) is 0 Å². The fourth-order valence-corrected chi connectivity index (χ4v) is 2.15. The van der Waals surface area contributed by atoms with Gasteiger partial charge in [-0.25, -0.2) is 4.39 Å². The first-order valence-electron chi connectivity index (χ1n) is 6.47. The average molecular weight is 258 g/mol. The third-order valence-electron chi connectivity index (χ3n) is 3.33. The lowest BCUT2D eigenvalue weighted by Gasteiger charge is -2.24. The van der Waals surface area contributed by atoms with Crippen LogP contribution in [0.3, 0.4) is 0 Å². The Morgan fingerprint density at radius 2 is 1.89 bits per heavy atom. The lowest BCUT2D eigenvalue weighted by Crippen LogP contribution is -2.16. The first kappa shape index (κ1) is 13.6. The molecule has 1 atom stereocenters. The van der Waals surface area contributed by atoms with Crippen LogP contribution in [-0.2, 0) is 0 Å². The number of nitrogens with two attached hydrogens (primary N) is 1. The number of halogens is 1. The maximum atomic E-state index is 13.3. The minimum atomic E-state index is -0.235. The zero-order valence-corrected chi connectivity index (χ0v) is 11.3. The van der Waals surface area contributed by atoms with Crippen LogP contribution in [0.4, 0.5) is 15.8 Å². The Bertz CT molecular complexity index is 554. The molecule has 0 bridgehead atoms. The molecule has 2 aromatic rings. The van der Waals surface area contributed by atoms with Crippen molar-refractivity contribution in [2.24, 2.45) is 5.73 Å². The molecule has 100 valence electrons. The summed E-state index contributed by atoms with van der Waals surface area (Å²) in [6.07, 6.45) is 0.869. The normalized spacial score (nSPS) is 12.2. The number of para-hydroxylation sites is 1. The predicted octanol–water partition coefficient (Wildman–Crippen LogP) is 4.00. The predicted molar refractivity (Wildman–Crippen MR) is 78.1 cm³/mol. The second-order valence-corrected chi connectivity index (χ2v) is 4.61. The van der Waals surface area contributed by atoms with E-state index in [4.69, 9.17) is 5.73 Å². The molecule has 0 aliphatic rings. The van der Waals surface area contributed by atoms with Gasteiger partial charge in [-0.2, -0.15) is 0 Å². The van der Waals surface area contributed by atoms with Crippen molar-refractivity contribution >= 4 is 11.4 Å². The highest BCUT2D eigenvalue weighted by Gasteiger charge is 2.13. The average Bonchev–Trinajstić information content (AvgIpc) is 2.45. The summed E-state index contributed by atoms with van der Waals surface area (Å²) in [5.74, 6) is -0.235. The summed E-state index contributed by atoms with van der Waals surface area (Å²) >= 11 is 0. The van der Waals surface area contributed by atoms with Crippen molar-refractivity contribution < 1.29 is 4.39 Å². The molecule has 2 nitrogen and oxygen atoms in total. The largest absolute Gasteiger partial charge is 0.344 e. The SMILES string of the molecule is CC[C@@H](N)c1ccccc1N(C)c1cccc(F)c1. The number of anilines is 2. The molecule has 2 N–H and O–H groups in total. The van der Waals surface area contributed by atoms with Gasteiger partial charge in [0.25, 0.3) is 0 Å². The number of hydrogen-bond donors (Lipinski definition) is 1. The molecule has 2 aromatic carbocycles. The van der Waals surface area contributed by atoms with E-state index in [0.717, 1.165) is 23.4 Å². The van der Waals surface area contributed by atoms with Crippen LogP contribution in [0.15, 0.2) is 48.5 Å². The Kier molecular flexibility index (Phi) is 4.17. The summed E-state index contributed by atoms with van der Waals surface area (Å²) in [4.78, 5) is 1.97. The molecule has 0 unspecified atom stereocenters. The third-order valence-corrected chi connectivity index (χ3v) is 3.33. The molecule has 0 aliphatic carbocycles. The van der Waals surface area contributed by atoms with Crippen molar-refractivity contribution in [1.82, 2.24) is 0 Å². The van der Waals surface area contributed by atoms with Gasteiger partial charge in [-0.1, -0.05) is 31.2 Å². The van der Waals surface area contributed by atoms with E-state index < -0.39 is 0 Å². The van der Waals surface area contributed by atoms with Crippen LogP contribution in [-0.4, -0.2) is 7.05 Å². The van der Waals surface area contributed by atoms with Crippen molar-refractivity contribution in [3.8, 4) is 0 Å². The van der Waals surface area contributed by atoms with Gasteiger partial charge in [0.1, 0.15) is 5.82 Å². The van der Waals surface area contributed by atoms with E-state index in [1.165, 1.54) is 12.1 Å². The van der Waals surface area contributed by atoms with Gasteiger partial charge in [0.2, 0.25) is 0 Å². The molecule has 0 saturated heterocycles. The fourth-order valence-electron chi connectivity index (χ4n) is 2.15. The first-order valence-corrected chi connectivity index (χ1v) is 6.47. The van der Waals surface area contributed by atoms with Gasteiger partial charge in [0.05, 0.1) is 0 Å². The maximum Gasteiger partial charge on any atom is 0.125 e. The second kappa shape index (κ2) is 5.85. The molecule has 0 aromatic heterocycles. The van der Waals surface area contributed by atoms with Gasteiger partial charge >= 0.3 is 0 Å². The highest BCUT2D eigenvalue weighted by molar-refractivity contribution is 5.66. The molecular formula is C16H19FN2. The Morgan fingerprint density at radius 1 is 1.16 bits per heavy atom. The molecule has 0 saturated carbocycles. The smallest absolute Gasteiger partial charge is 0.125 e. The fraction of sp³-hybridized carbons (Fsp3) is 0.250. The van der Waals surface area contributed by atoms with Crippen LogP contribution >= 0.6 is 0 Å². The standard InChI is InChI=1S/C16H19FN2/c1-3-15(18)14-9-4-5-10-16(14)19(2)13-8-6-7-12(17)11-13/h4-11,15H,3,18H2,1-2H3/t15-/m1/s1. The van der Waals surface area contributed by atoms with Gasteiger partial charge in [-0.3, -0.25) is 0 Å². The molecule has 0 fully saturated rings. The summed E-state index contributed by atoms with van der Waals surface area (Å²) in [5, 5.41) is 0. The van der Waals surface area contributed by atoms with Gasteiger partial charge in [-0.15, -0.1) is 0 Å². The number of nitrogens with zero attached hydrogens (tertiary/aromatic N) is 1. The molecule has 0 amide bonds. The number of rotatable bonds is 4. The Balaban J connectivity index is 2.41. The molecule has 19 heavy (non-hydrogen) atoms. The minimum Gasteiger partial charge on any atom is -0.344 e. The topological polar surface area (TPSA) is 29.3 Å². The van der Waals surface area contributed by atoms with Gasteiger partial charge in [0, 0.05) is 24.5 Å². The Hall–Kier alpha value is -1.87. The molecular weight excluding hydrogens is 239 g/mol. The lowest BCUT2D eigenvalue weighted by molar-refractivity contribution is 0.628. The molecule has 0 radical (unpaired) electrons. The monoisotopic (exact) mass is 258 g/mol. The van der Waals surface area contributed by atoms with Crippen molar-refractivity contribution in [2.45, 2.75) is 19.4 Å². The van der Waals surface area contributed by atoms with Crippen molar-refractivity contribution in [2.75, 3.05) is 11.9 Å². The van der Waals surface area contributed by atoms with E-state index in [9.17, 15) is 4.39 Å². The summed E-state index contributed by atoms with van der Waals surface area (Å²) in [5.41, 5.74) is 9.05. The summed E-state index contributed by atoms with van der Waals surface area (Å²) in [6, 6.07) is 14.5. The van der Waals surface area contributed by atoms with Gasteiger partial charge in [-0.05, 0) is 36.2 Å². The van der Waals surface area contributed by atoms with E-state index in [1.54, 1.807) is 6.07 Å². The quantitative estimate of drug-likeness (QED) is 0.898. The van der Waals surface area contributed by atoms with E-state index in [2.05, 4.69) is 6.92 Å². The third kappa shape index (κ3) is 2.93. The molecule has 3 heteroatoms. The van der Waals surface area contributed by atoms with E-state index in [1.807, 2.05) is 42.3 Å². The number of hydrogen-bond acceptors (Lipinski definition) is 2. The Morgan fingerprint density at radius 3 is 2.58 bits per heavy atom. The highest BCUT2D eigenvalue weighted by Crippen LogP contribution is 2.31. The summed E-state index contributed by atoms with van der Waals surface area (Å²) in [7, 11) is 1.93. The molecule has 0 spiro atoms. The lowest BCUT2D eigenvalue weighted by atomic mass is 10.0. The van der Waals surface area contributed by atoms with Crippen LogP contribution < -0.4 is 10.6 Å². The van der Waals surface area contributed by atoms with Gasteiger partial charge < -0.3 is 10.6 Å². The van der Waals surface area contributed by atoms with Crippen molar-refractivity contribution in [3.63, 3.8) is 0 Å². The maximum absolute atomic E-state index is 13.3. The second-order valence-electron chi connectivity index (χ2n) is 4.61. The van der Waals surface area contributed by atoms with Crippen LogP contribution in [0.25, 0.3) is 0 Å². The van der Waals surface area contributed by atoms with Crippen molar-refractivity contribution in [1.29, 1.82) is 0 Å². The molecule has 0 aliphatic heterocycles. The van der Waals surface area contributed by atoms with E-state index in [-0.39, 0.29) is 11.9 Å². The van der Waals surface area contributed by atoms with Crippen LogP contribution in [0.2, 0.25) is 0 Å². The van der Waals surface area contributed by atoms with E-state index in [0.29, 0.717) is 0 Å². The van der Waals surface area contributed by atoms with Crippen LogP contribution in [0, 0.1) is 5.82 Å². The van der Waals surface area contributed by atoms with Gasteiger partial charge in [0.15, 0.2) is 0 Å². The summed E-state index contributed by atoms with van der Waals surface area (Å²) in [6.45, 7) is 2.06. The number of benzene rings is 2. The molecule has 0 heterocycles. The minimum absolute atomic E-state index is 0.00721. The summed E-state index contributed by atoms with van der Waals surface area (Å²) < 4.78 is 13.3. The zero-order valence-electron chi connectivity index (χ0n) is 11.3. The first-order chi connectivity index (χ1) is 9.13. The highest BCUT2D eigenvalue weighted by atomic mass is 19.1. The Labute approximate surface area is 113 Å².